The third-order valence-electron chi connectivity index (χ3n) is 2.13. The third-order valence-corrected chi connectivity index (χ3v) is 2.13. The number of carbonyl (C=O) groups is 1. The van der Waals surface area contributed by atoms with E-state index < -0.39 is 12.3 Å². The number of hydrogen-bond acceptors (Lipinski definition) is 3. The minimum atomic E-state index is -1.32. The summed E-state index contributed by atoms with van der Waals surface area (Å²) in [6.07, 6.45) is -1.95. The summed E-state index contributed by atoms with van der Waals surface area (Å²) in [5.41, 5.74) is 0. The van der Waals surface area contributed by atoms with Crippen molar-refractivity contribution in [2.45, 2.75) is 18.7 Å². The molecule has 1 heterocycles. The maximum atomic E-state index is 12.9. The maximum absolute atomic E-state index is 12.9. The summed E-state index contributed by atoms with van der Waals surface area (Å²) < 4.78 is 17.6. The molecule has 1 amide bonds. The summed E-state index contributed by atoms with van der Waals surface area (Å²) in [4.78, 5) is 12.6. The number of hydrogen-bond donors (Lipinski definition) is 1. The first-order valence-corrected chi connectivity index (χ1v) is 4.24. The number of likely N-dealkylation sites (tertiary alicyclic amines) is 1. The van der Waals surface area contributed by atoms with E-state index in [2.05, 4.69) is 4.74 Å². The van der Waals surface area contributed by atoms with Crippen LogP contribution < -0.4 is 0 Å². The van der Waals surface area contributed by atoms with Gasteiger partial charge in [-0.15, -0.1) is 0 Å². The number of aliphatic hydroxyl groups is 1. The zero-order valence-electron chi connectivity index (χ0n) is 7.57. The maximum Gasteiger partial charge on any atom is 0.248 e. The normalized spacial score (nSPS) is 29.0. The number of ether oxygens (including phenoxy) is 1. The van der Waals surface area contributed by atoms with E-state index in [4.69, 9.17) is 5.11 Å². The van der Waals surface area contributed by atoms with E-state index in [0.717, 1.165) is 0 Å². The molecule has 1 aliphatic heterocycles. The van der Waals surface area contributed by atoms with E-state index in [1.165, 1.54) is 12.0 Å². The van der Waals surface area contributed by atoms with Gasteiger partial charge >= 0.3 is 0 Å². The summed E-state index contributed by atoms with van der Waals surface area (Å²) in [6, 6.07) is 0. The molecule has 1 fully saturated rings. The molecule has 4 nitrogen and oxygen atoms in total. The first kappa shape index (κ1) is 10.4. The quantitative estimate of drug-likeness (QED) is 0.644. The molecule has 0 radical (unpaired) electrons. The summed E-state index contributed by atoms with van der Waals surface area (Å²) in [5, 5.41) is 9.06. The van der Waals surface area contributed by atoms with Crippen molar-refractivity contribution in [2.75, 3.05) is 26.8 Å². The van der Waals surface area contributed by atoms with Crippen LogP contribution in [0.5, 0.6) is 0 Å². The predicted molar refractivity (Wildman–Crippen MR) is 44.0 cm³/mol. The molecule has 0 saturated carbocycles. The Hall–Kier alpha value is -0.680. The largest absolute Gasteiger partial charge is 0.390 e. The van der Waals surface area contributed by atoms with Crippen LogP contribution in [-0.2, 0) is 9.53 Å². The number of amides is 1. The summed E-state index contributed by atoms with van der Waals surface area (Å²) in [5.74, 6) is -0.225. The van der Waals surface area contributed by atoms with Gasteiger partial charge in [-0.25, -0.2) is 4.39 Å². The van der Waals surface area contributed by atoms with E-state index in [1.54, 1.807) is 0 Å². The van der Waals surface area contributed by atoms with Crippen molar-refractivity contribution < 1.29 is 19.0 Å². The molecule has 1 aliphatic rings. The highest BCUT2D eigenvalue weighted by molar-refractivity contribution is 5.77. The molecule has 0 bridgehead atoms. The fourth-order valence-electron chi connectivity index (χ4n) is 1.33. The number of piperidine rings is 1. The summed E-state index contributed by atoms with van der Waals surface area (Å²) >= 11 is 0. The van der Waals surface area contributed by atoms with E-state index in [0.29, 0.717) is 13.0 Å². The molecule has 1 saturated heterocycles. The number of nitrogens with zero attached hydrogens (tertiary/aromatic N) is 1. The lowest BCUT2D eigenvalue weighted by molar-refractivity contribution is -0.139. The minimum absolute atomic E-state index is 0.0244. The predicted octanol–water partition coefficient (Wildman–Crippen LogP) is -0.436. The van der Waals surface area contributed by atoms with Gasteiger partial charge in [0, 0.05) is 13.7 Å². The Kier molecular flexibility index (Phi) is 3.62. The topological polar surface area (TPSA) is 49.8 Å². The van der Waals surface area contributed by atoms with Gasteiger partial charge in [0.2, 0.25) is 5.91 Å². The van der Waals surface area contributed by atoms with Crippen molar-refractivity contribution in [1.82, 2.24) is 4.90 Å². The number of aliphatic hydroxyl groups excluding tert-OH is 1. The molecule has 0 aliphatic carbocycles. The van der Waals surface area contributed by atoms with Crippen LogP contribution in [-0.4, -0.2) is 55.0 Å². The monoisotopic (exact) mass is 191 g/mol. The smallest absolute Gasteiger partial charge is 0.248 e. The fourth-order valence-corrected chi connectivity index (χ4v) is 1.33. The highest BCUT2D eigenvalue weighted by atomic mass is 19.1. The Morgan fingerprint density at radius 3 is 3.00 bits per heavy atom. The molecule has 76 valence electrons. The second-order valence-electron chi connectivity index (χ2n) is 3.14. The first-order valence-electron chi connectivity index (χ1n) is 4.24. The number of methoxy groups -OCH3 is 1. The molecule has 0 aromatic rings. The Morgan fingerprint density at radius 2 is 2.46 bits per heavy atom. The van der Waals surface area contributed by atoms with Gasteiger partial charge in [0.05, 0.1) is 12.6 Å². The lowest BCUT2D eigenvalue weighted by atomic mass is 10.1. The van der Waals surface area contributed by atoms with Crippen molar-refractivity contribution in [3.63, 3.8) is 0 Å². The average molecular weight is 191 g/mol. The standard InChI is InChI=1S/C8H14FNO3/c1-13-5-8(12)10-3-2-7(11)6(9)4-10/h6-7,11H,2-5H2,1H3/t6-,7+/m1/s1. The lowest BCUT2D eigenvalue weighted by Gasteiger charge is -2.31. The van der Waals surface area contributed by atoms with Crippen LogP contribution in [0.3, 0.4) is 0 Å². The number of rotatable bonds is 2. The molecular formula is C8H14FNO3. The highest BCUT2D eigenvalue weighted by Gasteiger charge is 2.29. The van der Waals surface area contributed by atoms with Crippen molar-refractivity contribution in [3.05, 3.63) is 0 Å². The van der Waals surface area contributed by atoms with Crippen LogP contribution in [0.2, 0.25) is 0 Å². The van der Waals surface area contributed by atoms with Gasteiger partial charge in [0.15, 0.2) is 0 Å². The van der Waals surface area contributed by atoms with Crippen LogP contribution in [0.25, 0.3) is 0 Å². The minimum Gasteiger partial charge on any atom is -0.390 e. The third kappa shape index (κ3) is 2.63. The van der Waals surface area contributed by atoms with Crippen molar-refractivity contribution in [2.24, 2.45) is 0 Å². The summed E-state index contributed by atoms with van der Waals surface area (Å²) in [6.45, 7) is 0.357. The van der Waals surface area contributed by atoms with Gasteiger partial charge in [-0.1, -0.05) is 0 Å². The Bertz CT molecular complexity index is 188. The number of halogens is 1. The highest BCUT2D eigenvalue weighted by Crippen LogP contribution is 2.13. The molecule has 13 heavy (non-hydrogen) atoms. The molecule has 5 heteroatoms. The van der Waals surface area contributed by atoms with Gasteiger partial charge in [0.25, 0.3) is 0 Å². The van der Waals surface area contributed by atoms with Crippen molar-refractivity contribution in [1.29, 1.82) is 0 Å². The van der Waals surface area contributed by atoms with Gasteiger partial charge in [-0.05, 0) is 6.42 Å². The van der Waals surface area contributed by atoms with Crippen LogP contribution in [0.4, 0.5) is 4.39 Å². The molecule has 0 spiro atoms. The Morgan fingerprint density at radius 1 is 1.77 bits per heavy atom. The molecule has 1 N–H and O–H groups in total. The van der Waals surface area contributed by atoms with E-state index in [-0.39, 0.29) is 19.1 Å². The lowest BCUT2D eigenvalue weighted by Crippen LogP contribution is -2.48. The molecule has 0 aromatic heterocycles. The first-order chi connectivity index (χ1) is 6.15. The van der Waals surface area contributed by atoms with E-state index >= 15 is 0 Å². The number of carbonyl (C=O) groups excluding carboxylic acids is 1. The van der Waals surface area contributed by atoms with E-state index in [1.807, 2.05) is 0 Å². The van der Waals surface area contributed by atoms with Crippen LogP contribution in [0.1, 0.15) is 6.42 Å². The number of alkyl halides is 1. The molecular weight excluding hydrogens is 177 g/mol. The molecule has 1 rings (SSSR count). The molecule has 0 aromatic carbocycles. The zero-order valence-corrected chi connectivity index (χ0v) is 7.57. The Labute approximate surface area is 76.3 Å². The Balaban J connectivity index is 2.40. The average Bonchev–Trinajstić information content (AvgIpc) is 2.10. The fraction of sp³-hybridized carbons (Fsp3) is 0.875. The summed E-state index contributed by atoms with van der Waals surface area (Å²) in [7, 11) is 1.42. The van der Waals surface area contributed by atoms with Gasteiger partial charge in [-0.2, -0.15) is 0 Å². The molecule has 0 unspecified atom stereocenters. The second-order valence-corrected chi connectivity index (χ2v) is 3.14. The van der Waals surface area contributed by atoms with Crippen LogP contribution in [0.15, 0.2) is 0 Å². The van der Waals surface area contributed by atoms with Crippen LogP contribution in [0, 0.1) is 0 Å². The van der Waals surface area contributed by atoms with Gasteiger partial charge in [-0.3, -0.25) is 4.79 Å². The SMILES string of the molecule is COCC(=O)N1CC[C@H](O)[C@H](F)C1. The second kappa shape index (κ2) is 4.53. The van der Waals surface area contributed by atoms with Gasteiger partial charge in [0.1, 0.15) is 12.8 Å². The van der Waals surface area contributed by atoms with Crippen molar-refractivity contribution in [3.8, 4) is 0 Å². The van der Waals surface area contributed by atoms with Gasteiger partial charge < -0.3 is 14.7 Å². The van der Waals surface area contributed by atoms with Crippen molar-refractivity contribution >= 4 is 5.91 Å². The molecule has 2 atom stereocenters. The zero-order chi connectivity index (χ0) is 9.84. The van der Waals surface area contributed by atoms with E-state index in [9.17, 15) is 9.18 Å². The van der Waals surface area contributed by atoms with Crippen LogP contribution >= 0.6 is 0 Å².